The Bertz CT molecular complexity index is 927. The molecule has 1 amide bonds. The summed E-state index contributed by atoms with van der Waals surface area (Å²) in [6.45, 7) is -0.529. The highest BCUT2D eigenvalue weighted by Gasteiger charge is 2.12. The van der Waals surface area contributed by atoms with E-state index in [0.29, 0.717) is 11.3 Å². The van der Waals surface area contributed by atoms with Gasteiger partial charge in [-0.05, 0) is 17.7 Å². The van der Waals surface area contributed by atoms with Crippen LogP contribution in [0.5, 0.6) is 5.75 Å². The molecule has 0 fully saturated rings. The molecule has 1 aromatic heterocycles. The average molecular weight is 361 g/mol. The first-order valence-electron chi connectivity index (χ1n) is 7.67. The lowest BCUT2D eigenvalue weighted by molar-refractivity contribution is -0.146. The second-order valence-corrected chi connectivity index (χ2v) is 5.50. The standard InChI is InChI=1S/C17H19N3O6/c1-19-13(9-15(22)20(2)17(19)24)18-14(21)10-26-16(23)8-11-4-6-12(25-3)7-5-11/h4-7,9H,8,10H2,1-3H3,(H,18,21). The van der Waals surface area contributed by atoms with Gasteiger partial charge in [-0.3, -0.25) is 23.5 Å². The van der Waals surface area contributed by atoms with Crippen LogP contribution in [-0.2, 0) is 34.8 Å². The third-order valence-electron chi connectivity index (χ3n) is 3.67. The van der Waals surface area contributed by atoms with Gasteiger partial charge in [0.15, 0.2) is 6.61 Å². The number of nitrogens with zero attached hydrogens (tertiary/aromatic N) is 2. The van der Waals surface area contributed by atoms with Gasteiger partial charge < -0.3 is 14.8 Å². The molecule has 0 aliphatic carbocycles. The highest BCUT2D eigenvalue weighted by atomic mass is 16.5. The van der Waals surface area contributed by atoms with E-state index in [9.17, 15) is 19.2 Å². The minimum atomic E-state index is -0.656. The van der Waals surface area contributed by atoms with Crippen molar-refractivity contribution in [3.8, 4) is 5.75 Å². The average Bonchev–Trinajstić information content (AvgIpc) is 2.63. The molecule has 0 saturated heterocycles. The first-order chi connectivity index (χ1) is 12.3. The van der Waals surface area contributed by atoms with Crippen molar-refractivity contribution in [3.05, 3.63) is 56.7 Å². The zero-order valence-corrected chi connectivity index (χ0v) is 14.6. The monoisotopic (exact) mass is 361 g/mol. The Labute approximate surface area is 148 Å². The Kier molecular flexibility index (Phi) is 5.94. The van der Waals surface area contributed by atoms with Gasteiger partial charge in [0.2, 0.25) is 0 Å². The van der Waals surface area contributed by atoms with Crippen molar-refractivity contribution in [3.63, 3.8) is 0 Å². The third kappa shape index (κ3) is 4.59. The van der Waals surface area contributed by atoms with Crippen LogP contribution in [0.4, 0.5) is 5.82 Å². The van der Waals surface area contributed by atoms with Gasteiger partial charge in [0.1, 0.15) is 11.6 Å². The van der Waals surface area contributed by atoms with Crippen LogP contribution in [0.3, 0.4) is 0 Å². The molecule has 9 nitrogen and oxygen atoms in total. The first-order valence-corrected chi connectivity index (χ1v) is 7.67. The van der Waals surface area contributed by atoms with E-state index in [4.69, 9.17) is 9.47 Å². The van der Waals surface area contributed by atoms with Gasteiger partial charge in [-0.2, -0.15) is 0 Å². The van der Waals surface area contributed by atoms with Crippen molar-refractivity contribution in [1.82, 2.24) is 9.13 Å². The van der Waals surface area contributed by atoms with Crippen molar-refractivity contribution >= 4 is 17.7 Å². The lowest BCUT2D eigenvalue weighted by Crippen LogP contribution is -2.38. The Morgan fingerprint density at radius 2 is 1.73 bits per heavy atom. The number of methoxy groups -OCH3 is 1. The van der Waals surface area contributed by atoms with Crippen LogP contribution in [0.15, 0.2) is 39.9 Å². The fraction of sp³-hybridized carbons (Fsp3) is 0.294. The molecular weight excluding hydrogens is 342 g/mol. The molecular formula is C17H19N3O6. The molecule has 1 heterocycles. The SMILES string of the molecule is COc1ccc(CC(=O)OCC(=O)Nc2cc(=O)n(C)c(=O)n2C)cc1. The number of aromatic nitrogens is 2. The Balaban J connectivity index is 1.91. The number of rotatable bonds is 6. The highest BCUT2D eigenvalue weighted by Crippen LogP contribution is 2.12. The maximum Gasteiger partial charge on any atom is 0.332 e. The molecule has 1 aromatic carbocycles. The number of benzene rings is 1. The summed E-state index contributed by atoms with van der Waals surface area (Å²) in [7, 11) is 4.28. The van der Waals surface area contributed by atoms with E-state index in [1.807, 2.05) is 0 Å². The lowest BCUT2D eigenvalue weighted by Gasteiger charge is -2.11. The smallest absolute Gasteiger partial charge is 0.332 e. The summed E-state index contributed by atoms with van der Waals surface area (Å²) in [5, 5.41) is 2.37. The number of esters is 1. The van der Waals surface area contributed by atoms with Crippen molar-refractivity contribution in [2.24, 2.45) is 14.1 Å². The molecule has 0 spiro atoms. The molecule has 26 heavy (non-hydrogen) atoms. The number of carbonyl (C=O) groups excluding carboxylic acids is 2. The fourth-order valence-electron chi connectivity index (χ4n) is 2.14. The predicted molar refractivity (Wildman–Crippen MR) is 93.2 cm³/mol. The van der Waals surface area contributed by atoms with Gasteiger partial charge in [0, 0.05) is 20.2 Å². The molecule has 0 atom stereocenters. The van der Waals surface area contributed by atoms with Crippen LogP contribution < -0.4 is 21.3 Å². The van der Waals surface area contributed by atoms with E-state index in [-0.39, 0.29) is 12.2 Å². The van der Waals surface area contributed by atoms with Crippen molar-refractivity contribution in [2.45, 2.75) is 6.42 Å². The number of anilines is 1. The van der Waals surface area contributed by atoms with E-state index in [0.717, 1.165) is 15.2 Å². The van der Waals surface area contributed by atoms with E-state index >= 15 is 0 Å². The van der Waals surface area contributed by atoms with Gasteiger partial charge in [0.05, 0.1) is 13.5 Å². The summed E-state index contributed by atoms with van der Waals surface area (Å²) in [5.41, 5.74) is -0.422. The van der Waals surface area contributed by atoms with Crippen molar-refractivity contribution in [2.75, 3.05) is 19.0 Å². The molecule has 138 valence electrons. The number of hydrogen-bond donors (Lipinski definition) is 1. The zero-order valence-electron chi connectivity index (χ0n) is 14.6. The van der Waals surface area contributed by atoms with Crippen LogP contribution in [0.1, 0.15) is 5.56 Å². The molecule has 2 rings (SSSR count). The molecule has 0 aliphatic rings. The molecule has 9 heteroatoms. The largest absolute Gasteiger partial charge is 0.497 e. The third-order valence-corrected chi connectivity index (χ3v) is 3.67. The summed E-state index contributed by atoms with van der Waals surface area (Å²) in [6.07, 6.45) is 0.00163. The molecule has 0 unspecified atom stereocenters. The summed E-state index contributed by atoms with van der Waals surface area (Å²) in [4.78, 5) is 47.1. The number of nitrogens with one attached hydrogen (secondary N) is 1. The van der Waals surface area contributed by atoms with E-state index in [2.05, 4.69) is 5.32 Å². The number of hydrogen-bond acceptors (Lipinski definition) is 6. The maximum atomic E-state index is 11.9. The Morgan fingerprint density at radius 3 is 2.35 bits per heavy atom. The van der Waals surface area contributed by atoms with Crippen LogP contribution in [0.25, 0.3) is 0 Å². The number of amides is 1. The summed E-state index contributed by atoms with van der Waals surface area (Å²) < 4.78 is 12.0. The van der Waals surface area contributed by atoms with E-state index in [1.165, 1.54) is 14.1 Å². The Hall–Kier alpha value is -3.36. The van der Waals surface area contributed by atoms with E-state index in [1.54, 1.807) is 31.4 Å². The predicted octanol–water partition coefficient (Wildman–Crippen LogP) is -0.183. The maximum absolute atomic E-state index is 11.9. The summed E-state index contributed by atoms with van der Waals surface area (Å²) in [6, 6.07) is 7.97. The molecule has 2 aromatic rings. The summed E-state index contributed by atoms with van der Waals surface area (Å²) >= 11 is 0. The van der Waals surface area contributed by atoms with Gasteiger partial charge in [-0.1, -0.05) is 12.1 Å². The molecule has 0 aliphatic heterocycles. The topological polar surface area (TPSA) is 109 Å². The van der Waals surface area contributed by atoms with Crippen LogP contribution >= 0.6 is 0 Å². The quantitative estimate of drug-likeness (QED) is 0.715. The first kappa shape index (κ1) is 19.0. The highest BCUT2D eigenvalue weighted by molar-refractivity contribution is 5.92. The lowest BCUT2D eigenvalue weighted by atomic mass is 10.1. The number of carbonyl (C=O) groups is 2. The second-order valence-electron chi connectivity index (χ2n) is 5.50. The molecule has 0 bridgehead atoms. The number of ether oxygens (including phenoxy) is 2. The van der Waals surface area contributed by atoms with Crippen LogP contribution in [0, 0.1) is 0 Å². The normalized spacial score (nSPS) is 10.3. The fourth-order valence-corrected chi connectivity index (χ4v) is 2.14. The van der Waals surface area contributed by atoms with Gasteiger partial charge in [-0.25, -0.2) is 4.79 Å². The molecule has 0 saturated carbocycles. The van der Waals surface area contributed by atoms with Gasteiger partial charge in [0.25, 0.3) is 11.5 Å². The minimum Gasteiger partial charge on any atom is -0.497 e. The van der Waals surface area contributed by atoms with E-state index < -0.39 is 29.7 Å². The van der Waals surface area contributed by atoms with Crippen LogP contribution in [-0.4, -0.2) is 34.7 Å². The second kappa shape index (κ2) is 8.15. The van der Waals surface area contributed by atoms with Gasteiger partial charge in [-0.15, -0.1) is 0 Å². The zero-order chi connectivity index (χ0) is 19.3. The van der Waals surface area contributed by atoms with Crippen molar-refractivity contribution in [1.29, 1.82) is 0 Å². The Morgan fingerprint density at radius 1 is 1.08 bits per heavy atom. The molecule has 0 radical (unpaired) electrons. The van der Waals surface area contributed by atoms with Crippen molar-refractivity contribution < 1.29 is 19.1 Å². The van der Waals surface area contributed by atoms with Gasteiger partial charge >= 0.3 is 11.7 Å². The minimum absolute atomic E-state index is 0.00163. The van der Waals surface area contributed by atoms with Crippen LogP contribution in [0.2, 0.25) is 0 Å². The summed E-state index contributed by atoms with van der Waals surface area (Å²) in [5.74, 6) is -0.546. The molecule has 1 N–H and O–H groups in total.